The zero-order valence-electron chi connectivity index (χ0n) is 10.3. The number of ether oxygens (including phenoxy) is 1. The maximum absolute atomic E-state index is 9.62. The van der Waals surface area contributed by atoms with Gasteiger partial charge < -0.3 is 14.3 Å². The molecule has 3 nitrogen and oxygen atoms in total. The van der Waals surface area contributed by atoms with Crippen molar-refractivity contribution in [2.24, 2.45) is 0 Å². The van der Waals surface area contributed by atoms with Crippen LogP contribution in [0.4, 0.5) is 0 Å². The molecule has 1 unspecified atom stereocenters. The molecule has 1 aromatic carbocycles. The predicted molar refractivity (Wildman–Crippen MR) is 67.4 cm³/mol. The van der Waals surface area contributed by atoms with Crippen molar-refractivity contribution in [2.45, 2.75) is 32.8 Å². The molecule has 0 bridgehead atoms. The smallest absolute Gasteiger partial charge is 0.176 e. The van der Waals surface area contributed by atoms with Gasteiger partial charge in [-0.1, -0.05) is 19.1 Å². The Morgan fingerprint density at radius 3 is 2.88 bits per heavy atom. The zero-order valence-corrected chi connectivity index (χ0v) is 10.3. The Hall–Kier alpha value is -1.48. The Balaban J connectivity index is 2.32. The molecule has 92 valence electrons. The highest BCUT2D eigenvalue weighted by Gasteiger charge is 2.11. The van der Waals surface area contributed by atoms with Crippen molar-refractivity contribution in [3.05, 3.63) is 30.0 Å². The molecule has 0 aliphatic rings. The van der Waals surface area contributed by atoms with Gasteiger partial charge in [0.15, 0.2) is 11.3 Å². The van der Waals surface area contributed by atoms with Crippen LogP contribution in [0.25, 0.3) is 11.0 Å². The number of hydrogen-bond acceptors (Lipinski definition) is 3. The van der Waals surface area contributed by atoms with E-state index in [4.69, 9.17) is 9.15 Å². The van der Waals surface area contributed by atoms with E-state index in [0.29, 0.717) is 13.0 Å². The van der Waals surface area contributed by atoms with Crippen LogP contribution < -0.4 is 4.74 Å². The van der Waals surface area contributed by atoms with Crippen LogP contribution in [0.1, 0.15) is 26.0 Å². The molecular formula is C14H18O3. The monoisotopic (exact) mass is 234 g/mol. The van der Waals surface area contributed by atoms with Crippen LogP contribution >= 0.6 is 0 Å². The molecule has 0 amide bonds. The van der Waals surface area contributed by atoms with Gasteiger partial charge in [-0.3, -0.25) is 0 Å². The Labute approximate surface area is 101 Å². The highest BCUT2D eigenvalue weighted by Crippen LogP contribution is 2.29. The van der Waals surface area contributed by atoms with E-state index in [1.54, 1.807) is 0 Å². The van der Waals surface area contributed by atoms with E-state index in [9.17, 15) is 5.11 Å². The predicted octanol–water partition coefficient (Wildman–Crippen LogP) is 3.14. The van der Waals surface area contributed by atoms with Gasteiger partial charge in [-0.15, -0.1) is 0 Å². The summed E-state index contributed by atoms with van der Waals surface area (Å²) < 4.78 is 11.2. The fraction of sp³-hybridized carbons (Fsp3) is 0.429. The van der Waals surface area contributed by atoms with Gasteiger partial charge in [0.25, 0.3) is 0 Å². The lowest BCUT2D eigenvalue weighted by Crippen LogP contribution is -2.07. The SMILES string of the molecule is CCOc1cccc2cc(CC(O)CC)oc12. The van der Waals surface area contributed by atoms with Gasteiger partial charge in [-0.25, -0.2) is 0 Å². The number of aliphatic hydroxyl groups excluding tert-OH is 1. The van der Waals surface area contributed by atoms with Crippen molar-refractivity contribution < 1.29 is 14.3 Å². The minimum absolute atomic E-state index is 0.342. The molecule has 17 heavy (non-hydrogen) atoms. The molecular weight excluding hydrogens is 216 g/mol. The topological polar surface area (TPSA) is 42.6 Å². The molecule has 1 N–H and O–H groups in total. The summed E-state index contributed by atoms with van der Waals surface area (Å²) in [6.07, 6.45) is 0.942. The first-order valence-electron chi connectivity index (χ1n) is 6.06. The largest absolute Gasteiger partial charge is 0.490 e. The van der Waals surface area contributed by atoms with E-state index in [0.717, 1.165) is 28.9 Å². The molecule has 0 fully saturated rings. The van der Waals surface area contributed by atoms with Crippen LogP contribution in [0.2, 0.25) is 0 Å². The summed E-state index contributed by atoms with van der Waals surface area (Å²) >= 11 is 0. The lowest BCUT2D eigenvalue weighted by atomic mass is 10.1. The van der Waals surface area contributed by atoms with Crippen molar-refractivity contribution >= 4 is 11.0 Å². The third-order valence-corrected chi connectivity index (χ3v) is 2.77. The Bertz CT molecular complexity index is 487. The number of furan rings is 1. The van der Waals surface area contributed by atoms with Gasteiger partial charge >= 0.3 is 0 Å². The maximum Gasteiger partial charge on any atom is 0.176 e. The van der Waals surface area contributed by atoms with Crippen molar-refractivity contribution in [3.8, 4) is 5.75 Å². The van der Waals surface area contributed by atoms with E-state index in [1.807, 2.05) is 38.1 Å². The summed E-state index contributed by atoms with van der Waals surface area (Å²) in [6, 6.07) is 7.80. The normalized spacial score (nSPS) is 12.9. The number of para-hydroxylation sites is 1. The van der Waals surface area contributed by atoms with Crippen LogP contribution in [0, 0.1) is 0 Å². The number of hydrogen-bond donors (Lipinski definition) is 1. The van der Waals surface area contributed by atoms with Crippen LogP contribution in [0.15, 0.2) is 28.7 Å². The third-order valence-electron chi connectivity index (χ3n) is 2.77. The third kappa shape index (κ3) is 2.61. The summed E-state index contributed by atoms with van der Waals surface area (Å²) in [5, 5.41) is 10.6. The van der Waals surface area contributed by atoms with Crippen molar-refractivity contribution in [3.63, 3.8) is 0 Å². The Kier molecular flexibility index (Phi) is 3.69. The Morgan fingerprint density at radius 1 is 1.35 bits per heavy atom. The van der Waals surface area contributed by atoms with Gasteiger partial charge in [0.1, 0.15) is 5.76 Å². The summed E-state index contributed by atoms with van der Waals surface area (Å²) in [5.41, 5.74) is 0.771. The first-order valence-corrected chi connectivity index (χ1v) is 6.06. The lowest BCUT2D eigenvalue weighted by Gasteiger charge is -2.04. The minimum Gasteiger partial charge on any atom is -0.490 e. The average molecular weight is 234 g/mol. The minimum atomic E-state index is -0.342. The number of rotatable bonds is 5. The van der Waals surface area contributed by atoms with Crippen LogP contribution in [-0.2, 0) is 6.42 Å². The van der Waals surface area contributed by atoms with Crippen LogP contribution in [0.3, 0.4) is 0 Å². The number of benzene rings is 1. The van der Waals surface area contributed by atoms with E-state index in [-0.39, 0.29) is 6.10 Å². The van der Waals surface area contributed by atoms with Crippen molar-refractivity contribution in [1.29, 1.82) is 0 Å². The first kappa shape index (κ1) is 12.0. The second-order valence-corrected chi connectivity index (χ2v) is 4.09. The van der Waals surface area contributed by atoms with E-state index in [1.165, 1.54) is 0 Å². The number of fused-ring (bicyclic) bond motifs is 1. The van der Waals surface area contributed by atoms with E-state index < -0.39 is 0 Å². The molecule has 2 aromatic rings. The van der Waals surface area contributed by atoms with Gasteiger partial charge in [-0.2, -0.15) is 0 Å². The number of aliphatic hydroxyl groups is 1. The molecule has 0 radical (unpaired) electrons. The van der Waals surface area contributed by atoms with E-state index in [2.05, 4.69) is 0 Å². The second kappa shape index (κ2) is 5.23. The summed E-state index contributed by atoms with van der Waals surface area (Å²) in [7, 11) is 0. The molecule has 1 heterocycles. The van der Waals surface area contributed by atoms with E-state index >= 15 is 0 Å². The molecule has 0 saturated heterocycles. The van der Waals surface area contributed by atoms with Gasteiger partial charge in [0, 0.05) is 11.8 Å². The molecule has 1 aromatic heterocycles. The molecule has 0 aliphatic carbocycles. The standard InChI is InChI=1S/C14H18O3/c1-3-11(15)9-12-8-10-6-5-7-13(16-4-2)14(10)17-12/h5-8,11,15H,3-4,9H2,1-2H3. The first-order chi connectivity index (χ1) is 8.24. The fourth-order valence-corrected chi connectivity index (χ4v) is 1.84. The van der Waals surface area contributed by atoms with Crippen molar-refractivity contribution in [2.75, 3.05) is 6.61 Å². The van der Waals surface area contributed by atoms with Gasteiger partial charge in [0.2, 0.25) is 0 Å². The highest BCUT2D eigenvalue weighted by molar-refractivity contribution is 5.83. The molecule has 1 atom stereocenters. The molecule has 0 saturated carbocycles. The van der Waals surface area contributed by atoms with Gasteiger partial charge in [0.05, 0.1) is 12.7 Å². The summed E-state index contributed by atoms with van der Waals surface area (Å²) in [4.78, 5) is 0. The average Bonchev–Trinajstić information content (AvgIpc) is 2.72. The molecule has 3 heteroatoms. The highest BCUT2D eigenvalue weighted by atomic mass is 16.5. The second-order valence-electron chi connectivity index (χ2n) is 4.09. The van der Waals surface area contributed by atoms with Gasteiger partial charge in [-0.05, 0) is 25.5 Å². The zero-order chi connectivity index (χ0) is 12.3. The quantitative estimate of drug-likeness (QED) is 0.864. The lowest BCUT2D eigenvalue weighted by molar-refractivity contribution is 0.164. The molecule has 0 aliphatic heterocycles. The fourth-order valence-electron chi connectivity index (χ4n) is 1.84. The maximum atomic E-state index is 9.62. The van der Waals surface area contributed by atoms with Crippen molar-refractivity contribution in [1.82, 2.24) is 0 Å². The summed E-state index contributed by atoms with van der Waals surface area (Å²) in [5.74, 6) is 1.57. The molecule has 0 spiro atoms. The Morgan fingerprint density at radius 2 is 2.18 bits per heavy atom. The van der Waals surface area contributed by atoms with Crippen LogP contribution in [0.5, 0.6) is 5.75 Å². The molecule has 2 rings (SSSR count). The van der Waals surface area contributed by atoms with Crippen LogP contribution in [-0.4, -0.2) is 17.8 Å². The summed E-state index contributed by atoms with van der Waals surface area (Å²) in [6.45, 7) is 4.52.